The summed E-state index contributed by atoms with van der Waals surface area (Å²) in [5.74, 6) is 1.79. The Kier molecular flexibility index (Phi) is 4.28. The first kappa shape index (κ1) is 17.8. The molecule has 1 aromatic carbocycles. The molecular formula is C22H31FN2O. The molecule has 2 N–H and O–H groups in total. The van der Waals surface area contributed by atoms with Crippen molar-refractivity contribution in [1.29, 1.82) is 0 Å². The van der Waals surface area contributed by atoms with Gasteiger partial charge in [-0.05, 0) is 91.4 Å². The second-order valence-corrected chi connectivity index (χ2v) is 10.3. The average Bonchev–Trinajstić information content (AvgIpc) is 2.50. The van der Waals surface area contributed by atoms with Gasteiger partial charge in [-0.15, -0.1) is 0 Å². The van der Waals surface area contributed by atoms with Gasteiger partial charge in [-0.3, -0.25) is 0 Å². The summed E-state index contributed by atoms with van der Waals surface area (Å²) in [5, 5.41) is 6.12. The lowest BCUT2D eigenvalue weighted by Crippen LogP contribution is -2.60. The number of benzene rings is 1. The summed E-state index contributed by atoms with van der Waals surface area (Å²) in [5.41, 5.74) is 1.51. The summed E-state index contributed by atoms with van der Waals surface area (Å²) in [6.45, 7) is 7.08. The van der Waals surface area contributed by atoms with E-state index in [4.69, 9.17) is 0 Å². The van der Waals surface area contributed by atoms with Crippen LogP contribution >= 0.6 is 0 Å². The summed E-state index contributed by atoms with van der Waals surface area (Å²) in [4.78, 5) is 12.5. The van der Waals surface area contributed by atoms with E-state index in [0.29, 0.717) is 34.4 Å². The lowest BCUT2D eigenvalue weighted by Gasteiger charge is -2.61. The predicted octanol–water partition coefficient (Wildman–Crippen LogP) is 5.58. The average molecular weight is 359 g/mol. The molecule has 0 saturated heterocycles. The van der Waals surface area contributed by atoms with E-state index in [1.165, 1.54) is 50.7 Å². The molecule has 0 heterocycles. The second kappa shape index (κ2) is 6.24. The molecule has 2 atom stereocenters. The van der Waals surface area contributed by atoms with Crippen LogP contribution in [0.15, 0.2) is 24.3 Å². The molecule has 2 unspecified atom stereocenters. The summed E-state index contributed by atoms with van der Waals surface area (Å²) < 4.78 is 13.0. The number of hydrogen-bond donors (Lipinski definition) is 2. The Balaban J connectivity index is 1.42. The summed E-state index contributed by atoms with van der Waals surface area (Å²) in [7, 11) is 0. The van der Waals surface area contributed by atoms with Crippen molar-refractivity contribution in [2.75, 3.05) is 5.32 Å². The van der Waals surface area contributed by atoms with Crippen molar-refractivity contribution in [3.05, 3.63) is 30.1 Å². The van der Waals surface area contributed by atoms with Crippen LogP contribution in [0.3, 0.4) is 0 Å². The maximum Gasteiger partial charge on any atom is 0.319 e. The standard InChI is InChI=1S/C22H31FN2O/c1-21(2,3)13-22-10-14-8-15(11-22)19(16(9-14)12-22)25-20(26)24-18-6-4-17(23)5-7-18/h4-7,14-16,19H,8-13H2,1-3H3,(H2,24,25,26). The van der Waals surface area contributed by atoms with E-state index in [2.05, 4.69) is 31.4 Å². The largest absolute Gasteiger partial charge is 0.335 e. The van der Waals surface area contributed by atoms with Crippen molar-refractivity contribution in [2.24, 2.45) is 28.6 Å². The van der Waals surface area contributed by atoms with Crippen LogP contribution in [0.25, 0.3) is 0 Å². The molecule has 4 fully saturated rings. The number of carbonyl (C=O) groups excluding carboxylic acids is 1. The van der Waals surface area contributed by atoms with Crippen molar-refractivity contribution in [3.63, 3.8) is 0 Å². The zero-order valence-corrected chi connectivity index (χ0v) is 16.1. The van der Waals surface area contributed by atoms with Crippen molar-refractivity contribution in [3.8, 4) is 0 Å². The third kappa shape index (κ3) is 3.60. The zero-order chi connectivity index (χ0) is 18.5. The summed E-state index contributed by atoms with van der Waals surface area (Å²) in [6.07, 6.45) is 7.76. The third-order valence-corrected chi connectivity index (χ3v) is 6.71. The quantitative estimate of drug-likeness (QED) is 0.728. The van der Waals surface area contributed by atoms with E-state index in [-0.39, 0.29) is 11.8 Å². The molecule has 5 rings (SSSR count). The van der Waals surface area contributed by atoms with Crippen molar-refractivity contribution >= 4 is 11.7 Å². The van der Waals surface area contributed by atoms with E-state index in [9.17, 15) is 9.18 Å². The molecule has 4 aliphatic carbocycles. The molecule has 0 spiro atoms. The van der Waals surface area contributed by atoms with Crippen molar-refractivity contribution < 1.29 is 9.18 Å². The van der Waals surface area contributed by atoms with Gasteiger partial charge >= 0.3 is 6.03 Å². The number of rotatable bonds is 3. The highest BCUT2D eigenvalue weighted by molar-refractivity contribution is 5.89. The number of amides is 2. The smallest absolute Gasteiger partial charge is 0.319 e. The van der Waals surface area contributed by atoms with Gasteiger partial charge < -0.3 is 10.6 Å². The van der Waals surface area contributed by atoms with Gasteiger partial charge in [0.2, 0.25) is 0 Å². The maximum absolute atomic E-state index is 13.0. The highest BCUT2D eigenvalue weighted by Crippen LogP contribution is 2.63. The Labute approximate surface area is 156 Å². The van der Waals surface area contributed by atoms with Gasteiger partial charge in [0.05, 0.1) is 0 Å². The molecule has 0 aromatic heterocycles. The van der Waals surface area contributed by atoms with Crippen LogP contribution in [-0.4, -0.2) is 12.1 Å². The van der Waals surface area contributed by atoms with Gasteiger partial charge in [0.1, 0.15) is 5.82 Å². The molecule has 3 nitrogen and oxygen atoms in total. The van der Waals surface area contributed by atoms with E-state index < -0.39 is 0 Å². The van der Waals surface area contributed by atoms with E-state index in [0.717, 1.165) is 5.92 Å². The Morgan fingerprint density at radius 1 is 1.12 bits per heavy atom. The molecule has 0 aliphatic heterocycles. The Hall–Kier alpha value is -1.58. The molecular weight excluding hydrogens is 327 g/mol. The lowest BCUT2D eigenvalue weighted by molar-refractivity contribution is -0.0899. The van der Waals surface area contributed by atoms with Crippen LogP contribution in [0, 0.1) is 34.4 Å². The molecule has 4 bridgehead atoms. The molecule has 0 radical (unpaired) electrons. The summed E-state index contributed by atoms with van der Waals surface area (Å²) >= 11 is 0. The fraction of sp³-hybridized carbons (Fsp3) is 0.682. The highest BCUT2D eigenvalue weighted by Gasteiger charge is 2.56. The minimum Gasteiger partial charge on any atom is -0.335 e. The lowest BCUT2D eigenvalue weighted by atomic mass is 9.46. The number of carbonyl (C=O) groups is 1. The Morgan fingerprint density at radius 3 is 2.31 bits per heavy atom. The number of urea groups is 1. The molecule has 142 valence electrons. The topological polar surface area (TPSA) is 41.1 Å². The molecule has 1 aromatic rings. The Morgan fingerprint density at radius 2 is 1.73 bits per heavy atom. The van der Waals surface area contributed by atoms with E-state index in [1.54, 1.807) is 12.1 Å². The Bertz CT molecular complexity index is 662. The van der Waals surface area contributed by atoms with Gasteiger partial charge in [0.15, 0.2) is 0 Å². The van der Waals surface area contributed by atoms with E-state index >= 15 is 0 Å². The number of hydrogen-bond acceptors (Lipinski definition) is 1. The van der Waals surface area contributed by atoms with Crippen LogP contribution < -0.4 is 10.6 Å². The van der Waals surface area contributed by atoms with Crippen LogP contribution in [0.1, 0.15) is 59.3 Å². The first-order valence-corrected chi connectivity index (χ1v) is 10.0. The molecule has 4 aliphatic rings. The van der Waals surface area contributed by atoms with Crippen molar-refractivity contribution in [1.82, 2.24) is 5.32 Å². The summed E-state index contributed by atoms with van der Waals surface area (Å²) in [6, 6.07) is 6.08. The maximum atomic E-state index is 13.0. The highest BCUT2D eigenvalue weighted by atomic mass is 19.1. The second-order valence-electron chi connectivity index (χ2n) is 10.3. The minimum absolute atomic E-state index is 0.154. The first-order chi connectivity index (χ1) is 12.2. The molecule has 26 heavy (non-hydrogen) atoms. The number of anilines is 1. The van der Waals surface area contributed by atoms with Gasteiger partial charge in [-0.1, -0.05) is 20.8 Å². The SMILES string of the molecule is CC(C)(C)CC12CC3CC(C1)C(NC(=O)Nc1ccc(F)cc1)C(C3)C2. The number of halogens is 1. The van der Waals surface area contributed by atoms with Gasteiger partial charge in [-0.25, -0.2) is 9.18 Å². The molecule has 2 amide bonds. The normalized spacial score (nSPS) is 35.4. The first-order valence-electron chi connectivity index (χ1n) is 10.0. The predicted molar refractivity (Wildman–Crippen MR) is 102 cm³/mol. The number of nitrogens with one attached hydrogen (secondary N) is 2. The zero-order valence-electron chi connectivity index (χ0n) is 16.1. The van der Waals surface area contributed by atoms with Crippen LogP contribution in [0.2, 0.25) is 0 Å². The van der Waals surface area contributed by atoms with Crippen LogP contribution in [0.5, 0.6) is 0 Å². The van der Waals surface area contributed by atoms with Crippen molar-refractivity contribution in [2.45, 2.75) is 65.3 Å². The van der Waals surface area contributed by atoms with Gasteiger partial charge in [-0.2, -0.15) is 0 Å². The fourth-order valence-electron chi connectivity index (χ4n) is 6.62. The van der Waals surface area contributed by atoms with Crippen LogP contribution in [0.4, 0.5) is 14.9 Å². The minimum atomic E-state index is -0.291. The fourth-order valence-corrected chi connectivity index (χ4v) is 6.62. The monoisotopic (exact) mass is 358 g/mol. The van der Waals surface area contributed by atoms with E-state index in [1.807, 2.05) is 0 Å². The van der Waals surface area contributed by atoms with Gasteiger partial charge in [0, 0.05) is 11.7 Å². The third-order valence-electron chi connectivity index (χ3n) is 6.71. The van der Waals surface area contributed by atoms with Crippen LogP contribution in [-0.2, 0) is 0 Å². The van der Waals surface area contributed by atoms with Gasteiger partial charge in [0.25, 0.3) is 0 Å². The molecule has 4 saturated carbocycles. The molecule has 4 heteroatoms.